The van der Waals surface area contributed by atoms with E-state index in [1.54, 1.807) is 0 Å². The summed E-state index contributed by atoms with van der Waals surface area (Å²) < 4.78 is 0. The molecule has 0 rings (SSSR count). The van der Waals surface area contributed by atoms with E-state index in [1.165, 1.54) is 0 Å². The van der Waals surface area contributed by atoms with Crippen LogP contribution >= 0.6 is 0 Å². The van der Waals surface area contributed by atoms with Crippen molar-refractivity contribution in [2.24, 2.45) is 5.73 Å². The first-order chi connectivity index (χ1) is 6.18. The molecule has 0 amide bonds. The highest BCUT2D eigenvalue weighted by molar-refractivity contribution is 5.72. The number of carbonyl (C=O) groups is 1. The molecule has 0 saturated heterocycles. The first-order valence-electron chi connectivity index (χ1n) is 4.48. The van der Waals surface area contributed by atoms with Gasteiger partial charge in [0.1, 0.15) is 6.04 Å². The van der Waals surface area contributed by atoms with E-state index < -0.39 is 12.0 Å². The van der Waals surface area contributed by atoms with E-state index in [4.69, 9.17) is 10.8 Å². The van der Waals surface area contributed by atoms with Crippen LogP contribution in [0, 0.1) is 0 Å². The molecule has 13 heavy (non-hydrogen) atoms. The van der Waals surface area contributed by atoms with Crippen molar-refractivity contribution < 1.29 is 9.90 Å². The molecule has 0 aromatic heterocycles. The topological polar surface area (TPSA) is 63.3 Å². The Labute approximate surface area is 78.9 Å². The summed E-state index contributed by atoms with van der Waals surface area (Å²) in [6.45, 7) is 2.06. The molecule has 0 aliphatic carbocycles. The Morgan fingerprint density at radius 3 is 2.62 bits per heavy atom. The molecule has 0 aliphatic heterocycles. The van der Waals surface area contributed by atoms with Crippen molar-refractivity contribution >= 4 is 5.97 Å². The van der Waals surface area contributed by atoms with Gasteiger partial charge in [0.05, 0.1) is 0 Å². The molecule has 0 bridgehead atoms. The smallest absolute Gasteiger partial charge is 0.320 e. The molecule has 3 N–H and O–H groups in total. The molecular weight excluding hydrogens is 166 g/mol. The Morgan fingerprint density at radius 2 is 2.08 bits per heavy atom. The van der Waals surface area contributed by atoms with E-state index in [1.807, 2.05) is 24.3 Å². The molecule has 1 unspecified atom stereocenters. The fourth-order valence-electron chi connectivity index (χ4n) is 0.789. The fraction of sp³-hybridized carbons (Fsp3) is 0.500. The fourth-order valence-corrected chi connectivity index (χ4v) is 0.789. The Hall–Kier alpha value is -1.09. The molecule has 0 saturated carbocycles. The molecule has 0 radical (unpaired) electrons. The van der Waals surface area contributed by atoms with Crippen LogP contribution in [0.1, 0.15) is 26.2 Å². The number of aliphatic carboxylic acids is 1. The molecule has 0 heterocycles. The first kappa shape index (κ1) is 11.9. The Bertz CT molecular complexity index is 197. The molecule has 0 spiro atoms. The summed E-state index contributed by atoms with van der Waals surface area (Å²) in [7, 11) is 0. The Balaban J connectivity index is 3.49. The van der Waals surface area contributed by atoms with E-state index in [2.05, 4.69) is 6.92 Å². The van der Waals surface area contributed by atoms with Gasteiger partial charge in [-0.05, 0) is 19.3 Å². The monoisotopic (exact) mass is 183 g/mol. The van der Waals surface area contributed by atoms with Crippen LogP contribution in [0.2, 0.25) is 0 Å². The second-order valence-electron chi connectivity index (χ2n) is 2.79. The highest BCUT2D eigenvalue weighted by atomic mass is 16.4. The zero-order chi connectivity index (χ0) is 10.1. The van der Waals surface area contributed by atoms with Crippen LogP contribution in [-0.2, 0) is 4.79 Å². The highest BCUT2D eigenvalue weighted by Gasteiger charge is 2.08. The van der Waals surface area contributed by atoms with Gasteiger partial charge in [-0.15, -0.1) is 0 Å². The molecule has 3 nitrogen and oxygen atoms in total. The van der Waals surface area contributed by atoms with Gasteiger partial charge in [-0.25, -0.2) is 0 Å². The predicted octanol–water partition coefficient (Wildman–Crippen LogP) is 1.70. The quantitative estimate of drug-likeness (QED) is 0.616. The Kier molecular flexibility index (Phi) is 6.92. The number of nitrogens with two attached hydrogens (primary N) is 1. The lowest BCUT2D eigenvalue weighted by Crippen LogP contribution is -2.29. The minimum atomic E-state index is -0.933. The van der Waals surface area contributed by atoms with Crippen molar-refractivity contribution in [1.82, 2.24) is 0 Å². The van der Waals surface area contributed by atoms with Crippen molar-refractivity contribution in [3.8, 4) is 0 Å². The van der Waals surface area contributed by atoms with Gasteiger partial charge in [-0.1, -0.05) is 31.2 Å². The molecule has 0 fully saturated rings. The van der Waals surface area contributed by atoms with Crippen LogP contribution < -0.4 is 5.73 Å². The molecule has 0 aliphatic rings. The lowest BCUT2D eigenvalue weighted by atomic mass is 10.1. The summed E-state index contributed by atoms with van der Waals surface area (Å²) in [4.78, 5) is 10.3. The van der Waals surface area contributed by atoms with Crippen LogP contribution in [-0.4, -0.2) is 17.1 Å². The van der Waals surface area contributed by atoms with Crippen LogP contribution in [0.3, 0.4) is 0 Å². The van der Waals surface area contributed by atoms with Gasteiger partial charge < -0.3 is 10.8 Å². The van der Waals surface area contributed by atoms with Crippen LogP contribution in [0.25, 0.3) is 0 Å². The summed E-state index contributed by atoms with van der Waals surface area (Å²) >= 11 is 0. The maximum absolute atomic E-state index is 10.3. The lowest BCUT2D eigenvalue weighted by Gasteiger charge is -2.01. The van der Waals surface area contributed by atoms with E-state index >= 15 is 0 Å². The van der Waals surface area contributed by atoms with E-state index in [-0.39, 0.29) is 0 Å². The molecule has 74 valence electrons. The largest absolute Gasteiger partial charge is 0.480 e. The number of carboxylic acids is 1. The molecule has 3 heteroatoms. The second kappa shape index (κ2) is 7.55. The predicted molar refractivity (Wildman–Crippen MR) is 53.4 cm³/mol. The van der Waals surface area contributed by atoms with Crippen LogP contribution in [0.4, 0.5) is 0 Å². The number of hydrogen-bond acceptors (Lipinski definition) is 2. The first-order valence-corrected chi connectivity index (χ1v) is 4.48. The van der Waals surface area contributed by atoms with Gasteiger partial charge in [0, 0.05) is 0 Å². The summed E-state index contributed by atoms with van der Waals surface area (Å²) in [5, 5.41) is 8.46. The molecule has 0 aromatic carbocycles. The number of carboxylic acid groups (broad SMARTS) is 1. The standard InChI is InChI=1S/C10H17NO2/c1-2-3-4-5-6-7-8-9(11)10(12)13/h3-6,9H,2,7-8,11H2,1H3,(H,12,13)/b4-3-,6-5-. The molecule has 0 aromatic rings. The summed E-state index contributed by atoms with van der Waals surface area (Å²) in [6.07, 6.45) is 10.0. The van der Waals surface area contributed by atoms with Crippen molar-refractivity contribution in [2.45, 2.75) is 32.2 Å². The van der Waals surface area contributed by atoms with E-state index in [9.17, 15) is 4.79 Å². The van der Waals surface area contributed by atoms with Crippen molar-refractivity contribution in [2.75, 3.05) is 0 Å². The summed E-state index contributed by atoms with van der Waals surface area (Å²) in [5.41, 5.74) is 5.31. The summed E-state index contributed by atoms with van der Waals surface area (Å²) in [6, 6.07) is -0.736. The number of allylic oxidation sites excluding steroid dienone is 4. The van der Waals surface area contributed by atoms with Gasteiger partial charge in [0.2, 0.25) is 0 Å². The van der Waals surface area contributed by atoms with Gasteiger partial charge in [0.25, 0.3) is 0 Å². The second-order valence-corrected chi connectivity index (χ2v) is 2.79. The van der Waals surface area contributed by atoms with Crippen molar-refractivity contribution in [3.63, 3.8) is 0 Å². The van der Waals surface area contributed by atoms with E-state index in [0.29, 0.717) is 12.8 Å². The molecular formula is C10H17NO2. The minimum Gasteiger partial charge on any atom is -0.480 e. The summed E-state index contributed by atoms with van der Waals surface area (Å²) in [5.74, 6) is -0.933. The number of hydrogen-bond donors (Lipinski definition) is 2. The van der Waals surface area contributed by atoms with Crippen molar-refractivity contribution in [3.05, 3.63) is 24.3 Å². The maximum atomic E-state index is 10.3. The van der Waals surface area contributed by atoms with Gasteiger partial charge in [-0.2, -0.15) is 0 Å². The van der Waals surface area contributed by atoms with E-state index in [0.717, 1.165) is 6.42 Å². The lowest BCUT2D eigenvalue weighted by molar-refractivity contribution is -0.138. The van der Waals surface area contributed by atoms with Crippen molar-refractivity contribution in [1.29, 1.82) is 0 Å². The zero-order valence-electron chi connectivity index (χ0n) is 7.94. The normalized spacial score (nSPS) is 14.0. The third kappa shape index (κ3) is 7.28. The molecule has 1 atom stereocenters. The highest BCUT2D eigenvalue weighted by Crippen LogP contribution is 1.96. The van der Waals surface area contributed by atoms with Crippen LogP contribution in [0.5, 0.6) is 0 Å². The average Bonchev–Trinajstić information content (AvgIpc) is 2.10. The zero-order valence-corrected chi connectivity index (χ0v) is 7.94. The Morgan fingerprint density at radius 1 is 1.46 bits per heavy atom. The van der Waals surface area contributed by atoms with Gasteiger partial charge >= 0.3 is 5.97 Å². The average molecular weight is 183 g/mol. The maximum Gasteiger partial charge on any atom is 0.320 e. The van der Waals surface area contributed by atoms with Crippen LogP contribution in [0.15, 0.2) is 24.3 Å². The van der Waals surface area contributed by atoms with Gasteiger partial charge in [0.15, 0.2) is 0 Å². The SMILES string of the molecule is CC/C=C\C=C/CCC(N)C(=O)O. The minimum absolute atomic E-state index is 0.492. The third-order valence-electron chi connectivity index (χ3n) is 1.58. The number of rotatable bonds is 6. The third-order valence-corrected chi connectivity index (χ3v) is 1.58. The van der Waals surface area contributed by atoms with Gasteiger partial charge in [-0.3, -0.25) is 4.79 Å².